The number of carbonyl (C=O) groups is 1. The van der Waals surface area contributed by atoms with Gasteiger partial charge in [-0.15, -0.1) is 0 Å². The minimum Gasteiger partial charge on any atom is -0.477 e. The van der Waals surface area contributed by atoms with E-state index in [4.69, 9.17) is 5.11 Å². The van der Waals surface area contributed by atoms with E-state index < -0.39 is 5.97 Å². The van der Waals surface area contributed by atoms with Crippen molar-refractivity contribution in [1.82, 2.24) is 4.98 Å². The van der Waals surface area contributed by atoms with Crippen molar-refractivity contribution in [3.8, 4) is 0 Å². The zero-order valence-corrected chi connectivity index (χ0v) is 12.3. The number of nitrogens with zero attached hydrogens (tertiary/aromatic N) is 2. The summed E-state index contributed by atoms with van der Waals surface area (Å²) in [6.45, 7) is 6.10. The zero-order chi connectivity index (χ0) is 13.1. The van der Waals surface area contributed by atoms with Crippen molar-refractivity contribution in [3.05, 3.63) is 10.6 Å². The van der Waals surface area contributed by atoms with E-state index in [1.807, 2.05) is 18.7 Å². The summed E-state index contributed by atoms with van der Waals surface area (Å²) in [6, 6.07) is 0. The van der Waals surface area contributed by atoms with Crippen LogP contribution in [-0.4, -0.2) is 40.2 Å². The van der Waals surface area contributed by atoms with Crippen molar-refractivity contribution >= 4 is 34.2 Å². The lowest BCUT2D eigenvalue weighted by Gasteiger charge is -2.31. The fourth-order valence-corrected chi connectivity index (χ4v) is 4.23. The summed E-state index contributed by atoms with van der Waals surface area (Å²) >= 11 is 3.32. The topological polar surface area (TPSA) is 53.4 Å². The van der Waals surface area contributed by atoms with Crippen molar-refractivity contribution in [1.29, 1.82) is 0 Å². The number of carboxylic acid groups (broad SMARTS) is 1. The van der Waals surface area contributed by atoms with Gasteiger partial charge < -0.3 is 10.0 Å². The van der Waals surface area contributed by atoms with E-state index in [0.717, 1.165) is 30.4 Å². The third-order valence-corrected chi connectivity index (χ3v) is 5.60. The van der Waals surface area contributed by atoms with Gasteiger partial charge in [-0.05, 0) is 12.8 Å². The molecule has 1 atom stereocenters. The third-order valence-electron chi connectivity index (χ3n) is 3.08. The molecule has 1 unspecified atom stereocenters. The van der Waals surface area contributed by atoms with E-state index >= 15 is 0 Å². The van der Waals surface area contributed by atoms with E-state index in [1.54, 1.807) is 0 Å². The highest BCUT2D eigenvalue weighted by molar-refractivity contribution is 8.00. The number of aryl methyl sites for hydroxylation is 1. The van der Waals surface area contributed by atoms with Crippen LogP contribution in [0.5, 0.6) is 0 Å². The van der Waals surface area contributed by atoms with Crippen LogP contribution in [0, 0.1) is 0 Å². The van der Waals surface area contributed by atoms with Gasteiger partial charge in [0.25, 0.3) is 0 Å². The molecule has 1 saturated heterocycles. The molecule has 1 aromatic rings. The van der Waals surface area contributed by atoms with Gasteiger partial charge in [0, 0.05) is 24.1 Å². The number of hydrogen-bond donors (Lipinski definition) is 1. The summed E-state index contributed by atoms with van der Waals surface area (Å²) in [5.74, 6) is 0.246. The number of aromatic nitrogens is 1. The second-order valence-corrected chi connectivity index (χ2v) is 6.66. The molecule has 1 aliphatic heterocycles. The van der Waals surface area contributed by atoms with Crippen LogP contribution in [0.1, 0.15) is 35.6 Å². The molecule has 0 saturated carbocycles. The smallest absolute Gasteiger partial charge is 0.347 e. The van der Waals surface area contributed by atoms with E-state index in [-0.39, 0.29) is 0 Å². The summed E-state index contributed by atoms with van der Waals surface area (Å²) in [4.78, 5) is 18.3. The summed E-state index contributed by atoms with van der Waals surface area (Å²) in [7, 11) is 0. The molecule has 100 valence electrons. The van der Waals surface area contributed by atoms with Gasteiger partial charge in [-0.3, -0.25) is 0 Å². The van der Waals surface area contributed by atoms with Crippen molar-refractivity contribution in [2.45, 2.75) is 31.9 Å². The number of thiazole rings is 1. The van der Waals surface area contributed by atoms with Crippen LogP contribution in [0.25, 0.3) is 0 Å². The summed E-state index contributed by atoms with van der Waals surface area (Å²) in [5, 5.41) is 10.7. The molecule has 1 aromatic heterocycles. The Morgan fingerprint density at radius 1 is 1.56 bits per heavy atom. The first kappa shape index (κ1) is 13.7. The lowest BCUT2D eigenvalue weighted by molar-refractivity contribution is 0.0701. The van der Waals surface area contributed by atoms with Gasteiger partial charge in [-0.2, -0.15) is 11.8 Å². The molecule has 0 radical (unpaired) electrons. The maximum Gasteiger partial charge on any atom is 0.347 e. The van der Waals surface area contributed by atoms with Crippen molar-refractivity contribution in [2.75, 3.05) is 23.7 Å². The van der Waals surface area contributed by atoms with Gasteiger partial charge in [0.15, 0.2) is 5.13 Å². The molecular formula is C12H18N2O2S2. The van der Waals surface area contributed by atoms with Crippen LogP contribution < -0.4 is 4.90 Å². The predicted molar refractivity (Wildman–Crippen MR) is 77.2 cm³/mol. The fourth-order valence-electron chi connectivity index (χ4n) is 2.02. The quantitative estimate of drug-likeness (QED) is 0.922. The highest BCUT2D eigenvalue weighted by Gasteiger charge is 2.24. The molecule has 1 N–H and O–H groups in total. The predicted octanol–water partition coefficient (Wildman–Crippen LogP) is 2.74. The zero-order valence-electron chi connectivity index (χ0n) is 10.7. The molecule has 0 spiro atoms. The number of thioether (sulfide) groups is 1. The van der Waals surface area contributed by atoms with E-state index in [2.05, 4.69) is 16.8 Å². The monoisotopic (exact) mass is 286 g/mol. The Morgan fingerprint density at radius 3 is 2.89 bits per heavy atom. The van der Waals surface area contributed by atoms with Gasteiger partial charge >= 0.3 is 5.97 Å². The van der Waals surface area contributed by atoms with Crippen LogP contribution >= 0.6 is 23.1 Å². The lowest BCUT2D eigenvalue weighted by Crippen LogP contribution is -2.37. The first-order valence-corrected chi connectivity index (χ1v) is 8.11. The Labute approximate surface area is 115 Å². The molecule has 2 rings (SSSR count). The summed E-state index contributed by atoms with van der Waals surface area (Å²) < 4.78 is 0. The number of hydrogen-bond acceptors (Lipinski definition) is 5. The van der Waals surface area contributed by atoms with E-state index in [9.17, 15) is 4.79 Å². The highest BCUT2D eigenvalue weighted by Crippen LogP contribution is 2.31. The average molecular weight is 286 g/mol. The molecule has 0 aliphatic carbocycles. The molecular weight excluding hydrogens is 268 g/mol. The van der Waals surface area contributed by atoms with E-state index in [0.29, 0.717) is 22.2 Å². The van der Waals surface area contributed by atoms with Crippen molar-refractivity contribution in [2.24, 2.45) is 0 Å². The summed E-state index contributed by atoms with van der Waals surface area (Å²) in [5.41, 5.74) is 0.716. The Hall–Kier alpha value is -0.750. The molecule has 1 aliphatic rings. The standard InChI is InChI=1S/C12H18N2O2S2/c1-3-8-7-14(5-6-17-8)12-13-9(4-2)10(18-12)11(15)16/h8H,3-7H2,1-2H3,(H,15,16). The van der Waals surface area contributed by atoms with Crippen LogP contribution in [0.2, 0.25) is 0 Å². The maximum absolute atomic E-state index is 11.1. The molecule has 0 bridgehead atoms. The first-order chi connectivity index (χ1) is 8.65. The van der Waals surface area contributed by atoms with Crippen LogP contribution in [0.4, 0.5) is 5.13 Å². The Morgan fingerprint density at radius 2 is 2.33 bits per heavy atom. The van der Waals surface area contributed by atoms with Gasteiger partial charge in [-0.25, -0.2) is 9.78 Å². The Balaban J connectivity index is 2.20. The second kappa shape index (κ2) is 5.93. The number of carboxylic acids is 1. The van der Waals surface area contributed by atoms with Gasteiger partial charge in [0.2, 0.25) is 0 Å². The average Bonchev–Trinajstić information content (AvgIpc) is 2.83. The molecule has 1 fully saturated rings. The van der Waals surface area contributed by atoms with Crippen LogP contribution in [0.15, 0.2) is 0 Å². The minimum atomic E-state index is -0.853. The Bertz CT molecular complexity index is 434. The van der Waals surface area contributed by atoms with E-state index in [1.165, 1.54) is 11.3 Å². The lowest BCUT2D eigenvalue weighted by atomic mass is 10.3. The van der Waals surface area contributed by atoms with Crippen LogP contribution in [0.3, 0.4) is 0 Å². The van der Waals surface area contributed by atoms with Gasteiger partial charge in [0.05, 0.1) is 5.69 Å². The molecule has 0 amide bonds. The normalized spacial score (nSPS) is 20.1. The minimum absolute atomic E-state index is 0.402. The SMILES string of the molecule is CCc1nc(N2CCSC(CC)C2)sc1C(=O)O. The Kier molecular flexibility index (Phi) is 4.50. The molecule has 0 aromatic carbocycles. The highest BCUT2D eigenvalue weighted by atomic mass is 32.2. The number of rotatable bonds is 4. The maximum atomic E-state index is 11.1. The van der Waals surface area contributed by atoms with Crippen molar-refractivity contribution in [3.63, 3.8) is 0 Å². The molecule has 6 heteroatoms. The molecule has 2 heterocycles. The number of aromatic carboxylic acids is 1. The molecule has 4 nitrogen and oxygen atoms in total. The fraction of sp³-hybridized carbons (Fsp3) is 0.667. The number of anilines is 1. The van der Waals surface area contributed by atoms with Gasteiger partial charge in [0.1, 0.15) is 4.88 Å². The van der Waals surface area contributed by atoms with Gasteiger partial charge in [-0.1, -0.05) is 25.2 Å². The largest absolute Gasteiger partial charge is 0.477 e. The summed E-state index contributed by atoms with van der Waals surface area (Å²) in [6.07, 6.45) is 1.83. The van der Waals surface area contributed by atoms with Crippen LogP contribution in [-0.2, 0) is 6.42 Å². The third kappa shape index (κ3) is 2.80. The first-order valence-electron chi connectivity index (χ1n) is 6.25. The molecule has 18 heavy (non-hydrogen) atoms. The second-order valence-electron chi connectivity index (χ2n) is 4.28. The van der Waals surface area contributed by atoms with Crippen molar-refractivity contribution < 1.29 is 9.90 Å².